The van der Waals surface area contributed by atoms with Gasteiger partial charge < -0.3 is 5.32 Å². The smallest absolute Gasteiger partial charge is 0.230 e. The van der Waals surface area contributed by atoms with Crippen LogP contribution >= 0.6 is 23.1 Å². The van der Waals surface area contributed by atoms with Gasteiger partial charge in [-0.2, -0.15) is 0 Å². The lowest BCUT2D eigenvalue weighted by atomic mass is 10.1. The molecule has 0 bridgehead atoms. The van der Waals surface area contributed by atoms with Crippen molar-refractivity contribution in [1.29, 1.82) is 0 Å². The first-order valence-electron chi connectivity index (χ1n) is 8.18. The molecule has 3 aromatic rings. The third-order valence-electron chi connectivity index (χ3n) is 3.75. The summed E-state index contributed by atoms with van der Waals surface area (Å²) in [5, 5.41) is 13.9. The Labute approximate surface area is 155 Å². The largest absolute Gasteiger partial charge is 0.355 e. The maximum atomic E-state index is 12.1. The zero-order valence-electron chi connectivity index (χ0n) is 14.0. The first-order chi connectivity index (χ1) is 12.3. The van der Waals surface area contributed by atoms with Crippen LogP contribution < -0.4 is 5.32 Å². The maximum absolute atomic E-state index is 12.1. The number of nitrogens with zero attached hydrogens (tertiary/aromatic N) is 3. The molecule has 2 aromatic heterocycles. The van der Waals surface area contributed by atoms with Crippen molar-refractivity contribution in [2.45, 2.75) is 24.9 Å². The molecule has 0 aliphatic heterocycles. The fourth-order valence-corrected chi connectivity index (χ4v) is 3.95. The average molecular weight is 373 g/mol. The van der Waals surface area contributed by atoms with Crippen molar-refractivity contribution in [1.82, 2.24) is 20.1 Å². The zero-order chi connectivity index (χ0) is 17.5. The number of aryl methyl sites for hydroxylation is 1. The van der Waals surface area contributed by atoms with Gasteiger partial charge in [0.1, 0.15) is 6.33 Å². The van der Waals surface area contributed by atoms with Crippen LogP contribution in [0, 0.1) is 0 Å². The highest BCUT2D eigenvalue weighted by Gasteiger charge is 2.12. The van der Waals surface area contributed by atoms with E-state index < -0.39 is 0 Å². The van der Waals surface area contributed by atoms with Crippen LogP contribution in [0.15, 0.2) is 53.3 Å². The lowest BCUT2D eigenvalue weighted by Crippen LogP contribution is -2.27. The van der Waals surface area contributed by atoms with Crippen molar-refractivity contribution in [3.8, 4) is 5.69 Å². The predicted octanol–water partition coefficient (Wildman–Crippen LogP) is 3.34. The van der Waals surface area contributed by atoms with E-state index in [0.29, 0.717) is 12.3 Å². The zero-order valence-corrected chi connectivity index (χ0v) is 15.6. The van der Waals surface area contributed by atoms with Gasteiger partial charge in [-0.3, -0.25) is 9.36 Å². The average Bonchev–Trinajstić information content (AvgIpc) is 3.31. The van der Waals surface area contributed by atoms with E-state index in [1.165, 1.54) is 22.2 Å². The number of nitrogens with one attached hydrogen (secondary N) is 1. The fourth-order valence-electron chi connectivity index (χ4n) is 2.49. The van der Waals surface area contributed by atoms with Gasteiger partial charge in [0.25, 0.3) is 0 Å². The Kier molecular flexibility index (Phi) is 6.25. The molecule has 5 nitrogen and oxygen atoms in total. The molecule has 130 valence electrons. The van der Waals surface area contributed by atoms with Crippen molar-refractivity contribution >= 4 is 29.0 Å². The minimum Gasteiger partial charge on any atom is -0.355 e. The highest BCUT2D eigenvalue weighted by atomic mass is 32.2. The van der Waals surface area contributed by atoms with Crippen LogP contribution in [0.2, 0.25) is 0 Å². The molecule has 0 aliphatic carbocycles. The van der Waals surface area contributed by atoms with Crippen LogP contribution in [0.1, 0.15) is 17.4 Å². The van der Waals surface area contributed by atoms with E-state index in [4.69, 9.17) is 0 Å². The van der Waals surface area contributed by atoms with E-state index >= 15 is 0 Å². The minimum atomic E-state index is 0.0138. The highest BCUT2D eigenvalue weighted by molar-refractivity contribution is 7.99. The molecule has 2 heterocycles. The summed E-state index contributed by atoms with van der Waals surface area (Å²) in [6.07, 6.45) is 3.50. The van der Waals surface area contributed by atoms with Crippen molar-refractivity contribution in [2.24, 2.45) is 0 Å². The number of thioether (sulfide) groups is 1. The number of aromatic nitrogens is 3. The first kappa shape index (κ1) is 17.7. The molecule has 1 amide bonds. The van der Waals surface area contributed by atoms with E-state index in [0.717, 1.165) is 23.7 Å². The number of thiophene rings is 1. The van der Waals surface area contributed by atoms with Crippen LogP contribution in [0.5, 0.6) is 0 Å². The van der Waals surface area contributed by atoms with Crippen molar-refractivity contribution < 1.29 is 4.79 Å². The van der Waals surface area contributed by atoms with Gasteiger partial charge in [0.05, 0.1) is 11.4 Å². The summed E-state index contributed by atoms with van der Waals surface area (Å²) in [6, 6.07) is 12.3. The summed E-state index contributed by atoms with van der Waals surface area (Å²) >= 11 is 3.11. The van der Waals surface area contributed by atoms with Gasteiger partial charge in [-0.25, -0.2) is 0 Å². The number of hydrogen-bond donors (Lipinski definition) is 1. The highest BCUT2D eigenvalue weighted by Crippen LogP contribution is 2.22. The van der Waals surface area contributed by atoms with E-state index in [1.54, 1.807) is 17.7 Å². The monoisotopic (exact) mass is 372 g/mol. The van der Waals surface area contributed by atoms with Gasteiger partial charge in [-0.05, 0) is 35.9 Å². The van der Waals surface area contributed by atoms with Crippen molar-refractivity contribution in [2.75, 3.05) is 12.3 Å². The molecule has 1 N–H and O–H groups in total. The standard InChI is InChI=1S/C18H20N4OS2/c1-2-14-6-3-4-8-16(14)22-13-20-21-18(22)25-12-17(23)19-10-9-15-7-5-11-24-15/h3-8,11,13H,2,9-10,12H2,1H3,(H,19,23). The SMILES string of the molecule is CCc1ccccc1-n1cnnc1SCC(=O)NCCc1cccs1. The molecule has 0 aliphatic rings. The topological polar surface area (TPSA) is 59.8 Å². The second-order valence-electron chi connectivity index (χ2n) is 5.43. The minimum absolute atomic E-state index is 0.0138. The van der Waals surface area contributed by atoms with Crippen LogP contribution in [0.25, 0.3) is 5.69 Å². The normalized spacial score (nSPS) is 10.8. The van der Waals surface area contributed by atoms with Gasteiger partial charge >= 0.3 is 0 Å². The number of carbonyl (C=O) groups excluding carboxylic acids is 1. The van der Waals surface area contributed by atoms with Crippen LogP contribution in [0.4, 0.5) is 0 Å². The van der Waals surface area contributed by atoms with Gasteiger partial charge in [0.15, 0.2) is 5.16 Å². The van der Waals surface area contributed by atoms with E-state index in [-0.39, 0.29) is 5.91 Å². The van der Waals surface area contributed by atoms with Gasteiger partial charge in [0, 0.05) is 11.4 Å². The lowest BCUT2D eigenvalue weighted by molar-refractivity contribution is -0.118. The summed E-state index contributed by atoms with van der Waals surface area (Å²) < 4.78 is 1.95. The predicted molar refractivity (Wildman–Crippen MR) is 102 cm³/mol. The summed E-state index contributed by atoms with van der Waals surface area (Å²) in [4.78, 5) is 13.3. The summed E-state index contributed by atoms with van der Waals surface area (Å²) in [5.41, 5.74) is 2.29. The Morgan fingerprint density at radius 1 is 1.28 bits per heavy atom. The molecule has 1 aromatic carbocycles. The third kappa shape index (κ3) is 4.70. The Hall–Kier alpha value is -2.12. The molecule has 3 rings (SSSR count). The molecule has 0 saturated carbocycles. The van der Waals surface area contributed by atoms with Gasteiger partial charge in [-0.15, -0.1) is 21.5 Å². The number of hydrogen-bond acceptors (Lipinski definition) is 5. The van der Waals surface area contributed by atoms with Crippen molar-refractivity contribution in [3.63, 3.8) is 0 Å². The van der Waals surface area contributed by atoms with Gasteiger partial charge in [0.2, 0.25) is 5.91 Å². The van der Waals surface area contributed by atoms with Crippen LogP contribution in [0.3, 0.4) is 0 Å². The summed E-state index contributed by atoms with van der Waals surface area (Å²) in [7, 11) is 0. The number of benzene rings is 1. The third-order valence-corrected chi connectivity index (χ3v) is 5.63. The number of rotatable bonds is 8. The fraction of sp³-hybridized carbons (Fsp3) is 0.278. The molecule has 0 saturated heterocycles. The Morgan fingerprint density at radius 3 is 2.96 bits per heavy atom. The number of para-hydroxylation sites is 1. The number of carbonyl (C=O) groups is 1. The van der Waals surface area contributed by atoms with E-state index in [2.05, 4.69) is 34.6 Å². The quantitative estimate of drug-likeness (QED) is 0.616. The molecule has 25 heavy (non-hydrogen) atoms. The lowest BCUT2D eigenvalue weighted by Gasteiger charge is -2.10. The molecular formula is C18H20N4OS2. The number of amides is 1. The molecule has 0 radical (unpaired) electrons. The van der Waals surface area contributed by atoms with E-state index in [9.17, 15) is 4.79 Å². The summed E-state index contributed by atoms with van der Waals surface area (Å²) in [5.74, 6) is 0.345. The molecule has 0 atom stereocenters. The van der Waals surface area contributed by atoms with Crippen LogP contribution in [-0.2, 0) is 17.6 Å². The molecule has 7 heteroatoms. The molecular weight excluding hydrogens is 352 g/mol. The molecule has 0 fully saturated rings. The molecule has 0 spiro atoms. The van der Waals surface area contributed by atoms with Crippen LogP contribution in [-0.4, -0.2) is 33.0 Å². The Bertz CT molecular complexity index is 814. The second-order valence-corrected chi connectivity index (χ2v) is 7.41. The first-order valence-corrected chi connectivity index (χ1v) is 10.0. The van der Waals surface area contributed by atoms with Crippen molar-refractivity contribution in [3.05, 3.63) is 58.5 Å². The molecule has 0 unspecified atom stereocenters. The van der Waals surface area contributed by atoms with Gasteiger partial charge in [-0.1, -0.05) is 43.0 Å². The van der Waals surface area contributed by atoms with E-state index in [1.807, 2.05) is 34.2 Å². The maximum Gasteiger partial charge on any atom is 0.230 e. The summed E-state index contributed by atoms with van der Waals surface area (Å²) in [6.45, 7) is 2.78. The Balaban J connectivity index is 1.55. The Morgan fingerprint density at radius 2 is 2.16 bits per heavy atom. The second kappa shape index (κ2) is 8.82.